The fourth-order valence-corrected chi connectivity index (χ4v) is 1.44. The van der Waals surface area contributed by atoms with Crippen LogP contribution in [0.3, 0.4) is 0 Å². The van der Waals surface area contributed by atoms with E-state index in [2.05, 4.69) is 20.9 Å². The van der Waals surface area contributed by atoms with Gasteiger partial charge < -0.3 is 4.74 Å². The van der Waals surface area contributed by atoms with E-state index in [-0.39, 0.29) is 21.3 Å². The molecular formula is C9H12BrClN2O2. The predicted molar refractivity (Wildman–Crippen MR) is 62.3 cm³/mol. The third-order valence-corrected chi connectivity index (χ3v) is 2.95. The summed E-state index contributed by atoms with van der Waals surface area (Å²) in [6.07, 6.45) is 1.57. The minimum Gasteiger partial charge on any atom is -0.377 e. The van der Waals surface area contributed by atoms with E-state index in [0.717, 1.165) is 0 Å². The maximum absolute atomic E-state index is 11.6. The van der Waals surface area contributed by atoms with Gasteiger partial charge in [-0.25, -0.2) is 4.98 Å². The van der Waals surface area contributed by atoms with Gasteiger partial charge in [-0.05, 0) is 29.8 Å². The number of halogens is 2. The van der Waals surface area contributed by atoms with E-state index in [0.29, 0.717) is 13.2 Å². The Morgan fingerprint density at radius 2 is 2.33 bits per heavy atom. The number of aromatic nitrogens is 2. The topological polar surface area (TPSA) is 44.1 Å². The molecule has 0 bridgehead atoms. The maximum Gasteiger partial charge on any atom is 0.269 e. The second-order valence-corrected chi connectivity index (χ2v) is 4.42. The summed E-state index contributed by atoms with van der Waals surface area (Å²) in [6, 6.07) is 0. The van der Waals surface area contributed by atoms with Crippen molar-refractivity contribution in [3.63, 3.8) is 0 Å². The molecule has 0 amide bonds. The highest BCUT2D eigenvalue weighted by molar-refractivity contribution is 9.10. The Hall–Kier alpha value is -0.390. The van der Waals surface area contributed by atoms with Gasteiger partial charge in [0.1, 0.15) is 4.47 Å². The van der Waals surface area contributed by atoms with E-state index in [1.807, 2.05) is 13.8 Å². The summed E-state index contributed by atoms with van der Waals surface area (Å²) >= 11 is 8.75. The van der Waals surface area contributed by atoms with Crippen LogP contribution < -0.4 is 5.56 Å². The fourth-order valence-electron chi connectivity index (χ4n) is 0.990. The lowest BCUT2D eigenvalue weighted by atomic mass is 10.5. The van der Waals surface area contributed by atoms with Gasteiger partial charge in [0.05, 0.1) is 25.6 Å². The van der Waals surface area contributed by atoms with Gasteiger partial charge in [-0.15, -0.1) is 0 Å². The van der Waals surface area contributed by atoms with Crippen molar-refractivity contribution in [3.05, 3.63) is 26.3 Å². The molecule has 0 aliphatic rings. The highest BCUT2D eigenvalue weighted by Gasteiger charge is 2.06. The molecule has 0 radical (unpaired) electrons. The maximum atomic E-state index is 11.6. The third kappa shape index (κ3) is 3.59. The third-order valence-electron chi connectivity index (χ3n) is 1.72. The number of nitrogens with zero attached hydrogens (tertiary/aromatic N) is 2. The van der Waals surface area contributed by atoms with Gasteiger partial charge in [-0.2, -0.15) is 0 Å². The average molecular weight is 296 g/mol. The first-order valence-corrected chi connectivity index (χ1v) is 5.71. The largest absolute Gasteiger partial charge is 0.377 e. The summed E-state index contributed by atoms with van der Waals surface area (Å²) in [5.41, 5.74) is -0.192. The van der Waals surface area contributed by atoms with E-state index in [1.165, 1.54) is 10.9 Å². The molecule has 6 heteroatoms. The molecule has 0 N–H and O–H groups in total. The van der Waals surface area contributed by atoms with E-state index in [9.17, 15) is 4.79 Å². The second-order valence-electron chi connectivity index (χ2n) is 3.27. The molecule has 1 aromatic rings. The molecule has 1 heterocycles. The van der Waals surface area contributed by atoms with Crippen molar-refractivity contribution in [2.75, 3.05) is 6.61 Å². The quantitative estimate of drug-likeness (QED) is 0.799. The summed E-state index contributed by atoms with van der Waals surface area (Å²) in [7, 11) is 0. The molecule has 84 valence electrons. The highest BCUT2D eigenvalue weighted by Crippen LogP contribution is 2.13. The Balaban J connectivity index is 2.71. The summed E-state index contributed by atoms with van der Waals surface area (Å²) in [5.74, 6) is 0. The molecule has 1 rings (SSSR count). The van der Waals surface area contributed by atoms with Gasteiger partial charge in [-0.1, -0.05) is 11.6 Å². The van der Waals surface area contributed by atoms with E-state index < -0.39 is 0 Å². The van der Waals surface area contributed by atoms with Gasteiger partial charge >= 0.3 is 0 Å². The summed E-state index contributed by atoms with van der Waals surface area (Å²) in [5, 5.41) is 0.182. The first-order valence-electron chi connectivity index (χ1n) is 4.54. The van der Waals surface area contributed by atoms with Crippen LogP contribution in [0.15, 0.2) is 15.6 Å². The molecule has 0 saturated heterocycles. The number of ether oxygens (including phenoxy) is 1. The first-order chi connectivity index (χ1) is 7.02. The molecule has 0 unspecified atom stereocenters. The Morgan fingerprint density at radius 1 is 1.67 bits per heavy atom. The van der Waals surface area contributed by atoms with Gasteiger partial charge in [0.15, 0.2) is 5.15 Å². The van der Waals surface area contributed by atoms with Crippen LogP contribution >= 0.6 is 27.5 Å². The Bertz CT molecular complexity index is 392. The molecule has 0 aromatic carbocycles. The lowest BCUT2D eigenvalue weighted by Gasteiger charge is -2.09. The molecule has 1 aromatic heterocycles. The molecule has 0 fully saturated rings. The Kier molecular flexibility index (Phi) is 4.76. The minimum atomic E-state index is -0.192. The number of rotatable bonds is 4. The van der Waals surface area contributed by atoms with Crippen LogP contribution in [-0.2, 0) is 11.3 Å². The second kappa shape index (κ2) is 5.63. The van der Waals surface area contributed by atoms with Crippen LogP contribution in [-0.4, -0.2) is 22.3 Å². The molecule has 0 atom stereocenters. The highest BCUT2D eigenvalue weighted by atomic mass is 79.9. The molecule has 0 spiro atoms. The average Bonchev–Trinajstić information content (AvgIpc) is 2.18. The summed E-state index contributed by atoms with van der Waals surface area (Å²) in [6.45, 7) is 4.84. The number of hydrogen-bond donors (Lipinski definition) is 0. The van der Waals surface area contributed by atoms with Crippen molar-refractivity contribution in [1.82, 2.24) is 9.55 Å². The van der Waals surface area contributed by atoms with Gasteiger partial charge in [0.2, 0.25) is 0 Å². The SMILES string of the molecule is CC(C)OCCn1cnc(Cl)c(Br)c1=O. The van der Waals surface area contributed by atoms with Crippen molar-refractivity contribution >= 4 is 27.5 Å². The molecule has 4 nitrogen and oxygen atoms in total. The van der Waals surface area contributed by atoms with Crippen LogP contribution in [0.5, 0.6) is 0 Å². The lowest BCUT2D eigenvalue weighted by Crippen LogP contribution is -2.24. The van der Waals surface area contributed by atoms with Crippen molar-refractivity contribution in [2.45, 2.75) is 26.5 Å². The lowest BCUT2D eigenvalue weighted by molar-refractivity contribution is 0.0720. The molecule has 0 aliphatic heterocycles. The molecule has 0 aliphatic carbocycles. The van der Waals surface area contributed by atoms with Crippen LogP contribution in [0, 0.1) is 0 Å². The van der Waals surface area contributed by atoms with Crippen molar-refractivity contribution in [2.24, 2.45) is 0 Å². The monoisotopic (exact) mass is 294 g/mol. The smallest absolute Gasteiger partial charge is 0.269 e. The summed E-state index contributed by atoms with van der Waals surface area (Å²) in [4.78, 5) is 15.5. The van der Waals surface area contributed by atoms with E-state index in [4.69, 9.17) is 16.3 Å². The van der Waals surface area contributed by atoms with Crippen molar-refractivity contribution in [1.29, 1.82) is 0 Å². The zero-order chi connectivity index (χ0) is 11.4. The fraction of sp³-hybridized carbons (Fsp3) is 0.556. The van der Waals surface area contributed by atoms with Crippen molar-refractivity contribution in [3.8, 4) is 0 Å². The van der Waals surface area contributed by atoms with Crippen LogP contribution in [0.1, 0.15) is 13.8 Å². The first kappa shape index (κ1) is 12.7. The molecular weight excluding hydrogens is 283 g/mol. The van der Waals surface area contributed by atoms with Crippen molar-refractivity contribution < 1.29 is 4.74 Å². The van der Waals surface area contributed by atoms with Crippen LogP contribution in [0.4, 0.5) is 0 Å². The predicted octanol–water partition coefficient (Wildman–Crippen LogP) is 2.08. The minimum absolute atomic E-state index is 0.157. The van der Waals surface area contributed by atoms with Crippen LogP contribution in [0.2, 0.25) is 5.15 Å². The zero-order valence-electron chi connectivity index (χ0n) is 8.54. The van der Waals surface area contributed by atoms with Gasteiger partial charge in [-0.3, -0.25) is 9.36 Å². The van der Waals surface area contributed by atoms with Gasteiger partial charge in [0, 0.05) is 0 Å². The van der Waals surface area contributed by atoms with Gasteiger partial charge in [0.25, 0.3) is 5.56 Å². The Labute approximate surface area is 101 Å². The molecule has 15 heavy (non-hydrogen) atoms. The Morgan fingerprint density at radius 3 is 2.93 bits per heavy atom. The zero-order valence-corrected chi connectivity index (χ0v) is 10.9. The van der Waals surface area contributed by atoms with Crippen LogP contribution in [0.25, 0.3) is 0 Å². The number of hydrogen-bond acceptors (Lipinski definition) is 3. The molecule has 0 saturated carbocycles. The summed E-state index contributed by atoms with van der Waals surface area (Å²) < 4.78 is 7.08. The standard InChI is InChI=1S/C9H12BrClN2O2/c1-6(2)15-4-3-13-5-12-8(11)7(10)9(13)14/h5-6H,3-4H2,1-2H3. The van der Waals surface area contributed by atoms with E-state index in [1.54, 1.807) is 0 Å². The van der Waals surface area contributed by atoms with E-state index >= 15 is 0 Å². The normalized spacial score (nSPS) is 11.0.